The summed E-state index contributed by atoms with van der Waals surface area (Å²) in [5.74, 6) is 1.76. The molecule has 2 aliphatic heterocycles. The molecule has 1 atom stereocenters. The predicted octanol–water partition coefficient (Wildman–Crippen LogP) is 1.67. The number of hydrogen-bond donors (Lipinski definition) is 0. The minimum absolute atomic E-state index is 0.0960. The van der Waals surface area contributed by atoms with Gasteiger partial charge in [0.05, 0.1) is 17.6 Å². The summed E-state index contributed by atoms with van der Waals surface area (Å²) in [4.78, 5) is 14.9. The van der Waals surface area contributed by atoms with Gasteiger partial charge in [-0.3, -0.25) is 4.79 Å². The van der Waals surface area contributed by atoms with Crippen molar-refractivity contribution in [2.75, 3.05) is 37.7 Å². The summed E-state index contributed by atoms with van der Waals surface area (Å²) in [6, 6.07) is 5.02. The van der Waals surface area contributed by atoms with E-state index in [9.17, 15) is 13.2 Å². The van der Waals surface area contributed by atoms with Crippen molar-refractivity contribution in [3.05, 3.63) is 18.2 Å². The summed E-state index contributed by atoms with van der Waals surface area (Å²) < 4.78 is 36.1. The molecule has 0 unspecified atom stereocenters. The first-order chi connectivity index (χ1) is 12.6. The van der Waals surface area contributed by atoms with Crippen LogP contribution in [0.25, 0.3) is 11.0 Å². The van der Waals surface area contributed by atoms with Crippen LogP contribution in [0.3, 0.4) is 0 Å². The van der Waals surface area contributed by atoms with E-state index in [2.05, 4.69) is 8.75 Å². The van der Waals surface area contributed by atoms with Crippen LogP contribution in [0.1, 0.15) is 12.8 Å². The third-order valence-corrected chi connectivity index (χ3v) is 8.30. The van der Waals surface area contributed by atoms with Crippen LogP contribution in [0.15, 0.2) is 23.1 Å². The summed E-state index contributed by atoms with van der Waals surface area (Å²) in [5.41, 5.74) is 1.01. The first kappa shape index (κ1) is 18.1. The first-order valence-corrected chi connectivity index (χ1v) is 12.0. The molecule has 2 fully saturated rings. The molecule has 1 aromatic heterocycles. The number of carbonyl (C=O) groups excluding carboxylic acids is 1. The van der Waals surface area contributed by atoms with Gasteiger partial charge in [-0.1, -0.05) is 6.07 Å². The highest BCUT2D eigenvalue weighted by Crippen LogP contribution is 2.29. The molecule has 1 amide bonds. The Bertz CT molecular complexity index is 908. The van der Waals surface area contributed by atoms with Crippen molar-refractivity contribution in [2.45, 2.75) is 17.7 Å². The molecule has 3 heterocycles. The average molecular weight is 413 g/mol. The van der Waals surface area contributed by atoms with Crippen LogP contribution in [0.2, 0.25) is 0 Å². The summed E-state index contributed by atoms with van der Waals surface area (Å²) in [6.07, 6.45) is 1.44. The Kier molecular flexibility index (Phi) is 5.18. The number of fused-ring (bicyclic) bond motifs is 1. The van der Waals surface area contributed by atoms with E-state index in [0.717, 1.165) is 42.7 Å². The third kappa shape index (κ3) is 3.35. The summed E-state index contributed by atoms with van der Waals surface area (Å²) >= 11 is 2.86. The monoisotopic (exact) mass is 412 g/mol. The maximum absolute atomic E-state index is 13.2. The van der Waals surface area contributed by atoms with Crippen molar-refractivity contribution < 1.29 is 13.2 Å². The molecule has 0 aliphatic carbocycles. The molecule has 0 N–H and O–H groups in total. The van der Waals surface area contributed by atoms with Gasteiger partial charge in [0.2, 0.25) is 15.9 Å². The Hall–Kier alpha value is -1.23. The molecule has 4 rings (SSSR count). The Morgan fingerprint density at radius 2 is 1.96 bits per heavy atom. The zero-order valence-electron chi connectivity index (χ0n) is 14.2. The van der Waals surface area contributed by atoms with Gasteiger partial charge in [0.1, 0.15) is 15.9 Å². The van der Waals surface area contributed by atoms with E-state index < -0.39 is 10.0 Å². The molecule has 0 radical (unpaired) electrons. The molecule has 7 nitrogen and oxygen atoms in total. The number of aromatic nitrogens is 2. The SMILES string of the molecule is O=C([C@@H]1CCCN(S(=O)(=O)c2cccc3nsnc23)C1)N1CCSCC1. The molecule has 2 aliphatic rings. The molecule has 10 heteroatoms. The Labute approximate surface area is 161 Å². The number of nitrogens with zero attached hydrogens (tertiary/aromatic N) is 4. The van der Waals surface area contributed by atoms with Crippen LogP contribution in [-0.4, -0.2) is 70.0 Å². The second-order valence-corrected chi connectivity index (χ2v) is 10.2. The number of carbonyl (C=O) groups is 1. The molecule has 2 aromatic rings. The average Bonchev–Trinajstić information content (AvgIpc) is 3.17. The number of hydrogen-bond acceptors (Lipinski definition) is 7. The van der Waals surface area contributed by atoms with Gasteiger partial charge in [0, 0.05) is 37.7 Å². The van der Waals surface area contributed by atoms with Crippen molar-refractivity contribution in [3.8, 4) is 0 Å². The Balaban J connectivity index is 1.57. The fourth-order valence-electron chi connectivity index (χ4n) is 3.53. The van der Waals surface area contributed by atoms with E-state index in [4.69, 9.17) is 0 Å². The zero-order chi connectivity index (χ0) is 18.1. The minimum atomic E-state index is -3.69. The molecule has 26 heavy (non-hydrogen) atoms. The van der Waals surface area contributed by atoms with Crippen LogP contribution in [0.4, 0.5) is 0 Å². The van der Waals surface area contributed by atoms with Gasteiger partial charge in [-0.25, -0.2) is 8.42 Å². The number of sulfonamides is 1. The highest BCUT2D eigenvalue weighted by molar-refractivity contribution is 7.99. The van der Waals surface area contributed by atoms with Gasteiger partial charge < -0.3 is 4.90 Å². The zero-order valence-corrected chi connectivity index (χ0v) is 16.7. The van der Waals surface area contributed by atoms with Gasteiger partial charge in [0.15, 0.2) is 0 Å². The lowest BCUT2D eigenvalue weighted by Crippen LogP contribution is -2.48. The van der Waals surface area contributed by atoms with Gasteiger partial charge in [-0.15, -0.1) is 0 Å². The molecule has 1 aromatic carbocycles. The lowest BCUT2D eigenvalue weighted by Gasteiger charge is -2.35. The van der Waals surface area contributed by atoms with Gasteiger partial charge in [-0.2, -0.15) is 24.8 Å². The molecule has 0 spiro atoms. The van der Waals surface area contributed by atoms with Crippen molar-refractivity contribution in [2.24, 2.45) is 5.92 Å². The van der Waals surface area contributed by atoms with Gasteiger partial charge in [0.25, 0.3) is 0 Å². The van der Waals surface area contributed by atoms with Crippen LogP contribution in [0, 0.1) is 5.92 Å². The van der Waals surface area contributed by atoms with Crippen LogP contribution < -0.4 is 0 Å². The predicted molar refractivity (Wildman–Crippen MR) is 103 cm³/mol. The van der Waals surface area contributed by atoms with E-state index in [0.29, 0.717) is 24.0 Å². The third-order valence-electron chi connectivity index (χ3n) is 4.92. The molecule has 140 valence electrons. The maximum atomic E-state index is 13.2. The second kappa shape index (κ2) is 7.41. The lowest BCUT2D eigenvalue weighted by molar-refractivity contribution is -0.136. The number of thioether (sulfide) groups is 1. The number of amides is 1. The van der Waals surface area contributed by atoms with Crippen LogP contribution >= 0.6 is 23.5 Å². The largest absolute Gasteiger partial charge is 0.341 e. The first-order valence-electron chi connectivity index (χ1n) is 8.65. The quantitative estimate of drug-likeness (QED) is 0.763. The highest BCUT2D eigenvalue weighted by atomic mass is 32.2. The highest BCUT2D eigenvalue weighted by Gasteiger charge is 2.36. The van der Waals surface area contributed by atoms with Gasteiger partial charge in [-0.05, 0) is 25.0 Å². The van der Waals surface area contributed by atoms with Crippen LogP contribution in [0.5, 0.6) is 0 Å². The van der Waals surface area contributed by atoms with Crippen molar-refractivity contribution in [3.63, 3.8) is 0 Å². The van der Waals surface area contributed by atoms with Crippen LogP contribution in [-0.2, 0) is 14.8 Å². The van der Waals surface area contributed by atoms with E-state index in [1.165, 1.54) is 4.31 Å². The lowest BCUT2D eigenvalue weighted by atomic mass is 9.98. The van der Waals surface area contributed by atoms with E-state index in [-0.39, 0.29) is 23.3 Å². The summed E-state index contributed by atoms with van der Waals surface area (Å²) in [7, 11) is -3.69. The molecular weight excluding hydrogens is 392 g/mol. The number of rotatable bonds is 3. The van der Waals surface area contributed by atoms with Crippen molar-refractivity contribution in [1.29, 1.82) is 0 Å². The van der Waals surface area contributed by atoms with E-state index in [1.54, 1.807) is 18.2 Å². The fraction of sp³-hybridized carbons (Fsp3) is 0.562. The maximum Gasteiger partial charge on any atom is 0.245 e. The molecule has 2 saturated heterocycles. The van der Waals surface area contributed by atoms with Crippen molar-refractivity contribution in [1.82, 2.24) is 18.0 Å². The van der Waals surface area contributed by atoms with Gasteiger partial charge >= 0.3 is 0 Å². The number of piperidine rings is 1. The van der Waals surface area contributed by atoms with E-state index >= 15 is 0 Å². The molecule has 0 saturated carbocycles. The van der Waals surface area contributed by atoms with Crippen molar-refractivity contribution >= 4 is 50.5 Å². The fourth-order valence-corrected chi connectivity index (χ4v) is 6.71. The molecular formula is C16H20N4O3S3. The summed E-state index contributed by atoms with van der Waals surface area (Å²) in [6.45, 7) is 2.21. The summed E-state index contributed by atoms with van der Waals surface area (Å²) in [5, 5.41) is 0. The topological polar surface area (TPSA) is 83.5 Å². The minimum Gasteiger partial charge on any atom is -0.341 e. The Morgan fingerprint density at radius 1 is 1.15 bits per heavy atom. The number of benzene rings is 1. The molecule has 0 bridgehead atoms. The normalized spacial score (nSPS) is 22.6. The smallest absolute Gasteiger partial charge is 0.245 e. The van der Waals surface area contributed by atoms with E-state index in [1.807, 2.05) is 16.7 Å². The Morgan fingerprint density at radius 3 is 2.77 bits per heavy atom. The standard InChI is InChI=1S/C16H20N4O3S3/c21-16(19-7-9-24-10-8-19)12-3-2-6-20(11-12)26(22,23)14-5-1-4-13-15(14)18-25-17-13/h1,4-5,12H,2-3,6-11H2/t12-/m1/s1. The second-order valence-electron chi connectivity index (χ2n) is 6.53.